The summed E-state index contributed by atoms with van der Waals surface area (Å²) in [6, 6.07) is 18.8. The molecule has 4 N–H and O–H groups in total. The Balaban J connectivity index is 1.54. The molecule has 1 amide bonds. The standard InChI is InChI=1S/C23H21N5O3/c24-21-19-20(17(22(30)26-23(19)31)13-15-7-3-1-4-8-15)27-28(21)12-11-18(29)25-14-16-9-5-2-6-10-16/h1-10,13,24,31H,11-12,14H2,(H,25,29)(H,26,30)/b17-13+,24-21?. The van der Waals surface area contributed by atoms with E-state index >= 15 is 0 Å². The highest BCUT2D eigenvalue weighted by Gasteiger charge is 2.26. The van der Waals surface area contributed by atoms with Crippen LogP contribution in [0, 0.1) is 5.41 Å². The zero-order valence-electron chi connectivity index (χ0n) is 16.6. The number of H-pyrrole nitrogens is 1. The van der Waals surface area contributed by atoms with Crippen molar-refractivity contribution in [1.29, 1.82) is 5.41 Å². The number of nitrogens with one attached hydrogen (secondary N) is 3. The van der Waals surface area contributed by atoms with Gasteiger partial charge in [-0.15, -0.1) is 0 Å². The number of benzene rings is 2. The molecule has 3 aromatic rings. The van der Waals surface area contributed by atoms with Gasteiger partial charge in [0.2, 0.25) is 11.8 Å². The van der Waals surface area contributed by atoms with E-state index in [9.17, 15) is 14.7 Å². The van der Waals surface area contributed by atoms with Gasteiger partial charge in [0.05, 0.1) is 11.8 Å². The number of aromatic hydroxyl groups is 1. The molecular formula is C23H21N5O3. The van der Waals surface area contributed by atoms with Gasteiger partial charge in [-0.1, -0.05) is 60.7 Å². The minimum absolute atomic E-state index is 0.0673. The van der Waals surface area contributed by atoms with E-state index in [-0.39, 0.29) is 40.8 Å². The van der Waals surface area contributed by atoms with Crippen LogP contribution >= 0.6 is 0 Å². The SMILES string of the molecule is N=C1c2c(O)[nH]c(=O)/c(=C/c3ccccc3)c2=NN1CCC(=O)NCc1ccccc1. The van der Waals surface area contributed by atoms with Crippen molar-refractivity contribution in [2.24, 2.45) is 5.10 Å². The Hall–Kier alpha value is -4.20. The summed E-state index contributed by atoms with van der Waals surface area (Å²) in [4.78, 5) is 27.0. The van der Waals surface area contributed by atoms with Crippen LogP contribution in [0.4, 0.5) is 0 Å². The summed E-state index contributed by atoms with van der Waals surface area (Å²) in [6.45, 7) is 0.562. The summed E-state index contributed by atoms with van der Waals surface area (Å²) in [6.07, 6.45) is 1.77. The molecule has 156 valence electrons. The molecule has 1 aliphatic rings. The monoisotopic (exact) mass is 415 g/mol. The van der Waals surface area contributed by atoms with Crippen LogP contribution in [0.5, 0.6) is 5.88 Å². The Bertz CT molecular complexity index is 1300. The van der Waals surface area contributed by atoms with E-state index in [4.69, 9.17) is 5.41 Å². The fourth-order valence-corrected chi connectivity index (χ4v) is 3.32. The average molecular weight is 415 g/mol. The van der Waals surface area contributed by atoms with Crippen molar-refractivity contribution >= 4 is 17.8 Å². The number of fused-ring (bicyclic) bond motifs is 1. The number of amides is 1. The van der Waals surface area contributed by atoms with Gasteiger partial charge in [-0.2, -0.15) is 5.10 Å². The van der Waals surface area contributed by atoms with Crippen LogP contribution in [-0.4, -0.2) is 33.4 Å². The lowest BCUT2D eigenvalue weighted by atomic mass is 10.1. The van der Waals surface area contributed by atoms with Crippen molar-refractivity contribution in [3.05, 3.63) is 98.3 Å². The van der Waals surface area contributed by atoms with E-state index in [1.807, 2.05) is 60.7 Å². The molecule has 1 aliphatic heterocycles. The third-order valence-electron chi connectivity index (χ3n) is 4.91. The van der Waals surface area contributed by atoms with Crippen molar-refractivity contribution in [3.63, 3.8) is 0 Å². The summed E-state index contributed by atoms with van der Waals surface area (Å²) in [7, 11) is 0. The van der Waals surface area contributed by atoms with Gasteiger partial charge >= 0.3 is 0 Å². The smallest absolute Gasteiger partial charge is 0.260 e. The second-order valence-corrected chi connectivity index (χ2v) is 7.08. The van der Waals surface area contributed by atoms with E-state index in [2.05, 4.69) is 15.4 Å². The third-order valence-corrected chi connectivity index (χ3v) is 4.91. The Morgan fingerprint density at radius 1 is 1.13 bits per heavy atom. The van der Waals surface area contributed by atoms with Gasteiger partial charge in [0, 0.05) is 13.0 Å². The van der Waals surface area contributed by atoms with Crippen LogP contribution in [0.1, 0.15) is 23.1 Å². The summed E-state index contributed by atoms with van der Waals surface area (Å²) >= 11 is 0. The molecule has 2 aromatic carbocycles. The number of rotatable bonds is 6. The van der Waals surface area contributed by atoms with Crippen LogP contribution in [0.2, 0.25) is 0 Å². The highest BCUT2D eigenvalue weighted by molar-refractivity contribution is 5.99. The number of carbonyl (C=O) groups excluding carboxylic acids is 1. The minimum atomic E-state index is -0.501. The quantitative estimate of drug-likeness (QED) is 0.476. The van der Waals surface area contributed by atoms with Gasteiger partial charge in [0.25, 0.3) is 5.56 Å². The molecule has 0 unspecified atom stereocenters. The molecule has 0 fully saturated rings. The van der Waals surface area contributed by atoms with Gasteiger partial charge in [0.15, 0.2) is 5.84 Å². The van der Waals surface area contributed by atoms with Gasteiger partial charge in [0.1, 0.15) is 10.9 Å². The fourth-order valence-electron chi connectivity index (χ4n) is 3.32. The maximum absolute atomic E-state index is 12.4. The number of amidine groups is 1. The Morgan fingerprint density at radius 2 is 1.81 bits per heavy atom. The normalized spacial score (nSPS) is 13.1. The van der Waals surface area contributed by atoms with E-state index in [1.54, 1.807) is 6.08 Å². The van der Waals surface area contributed by atoms with Crippen LogP contribution in [0.15, 0.2) is 70.6 Å². The van der Waals surface area contributed by atoms with Gasteiger partial charge in [-0.05, 0) is 17.2 Å². The first kappa shape index (κ1) is 20.1. The summed E-state index contributed by atoms with van der Waals surface area (Å²) in [5, 5.41) is 27.5. The Kier molecular flexibility index (Phi) is 5.61. The number of pyridine rings is 1. The van der Waals surface area contributed by atoms with E-state index < -0.39 is 11.4 Å². The average Bonchev–Trinajstić information content (AvgIpc) is 3.12. The predicted molar refractivity (Wildman–Crippen MR) is 116 cm³/mol. The molecule has 1 aromatic heterocycles. The number of hydrogen-bond donors (Lipinski definition) is 4. The lowest BCUT2D eigenvalue weighted by Gasteiger charge is -2.14. The van der Waals surface area contributed by atoms with Gasteiger partial charge in [-0.3, -0.25) is 20.0 Å². The Morgan fingerprint density at radius 3 is 2.52 bits per heavy atom. The van der Waals surface area contributed by atoms with Gasteiger partial charge < -0.3 is 10.4 Å². The first-order valence-electron chi connectivity index (χ1n) is 9.80. The molecule has 31 heavy (non-hydrogen) atoms. The molecule has 4 rings (SSSR count). The second-order valence-electron chi connectivity index (χ2n) is 7.08. The van der Waals surface area contributed by atoms with Crippen LogP contribution in [0.25, 0.3) is 6.08 Å². The highest BCUT2D eigenvalue weighted by Crippen LogP contribution is 2.14. The summed E-state index contributed by atoms with van der Waals surface area (Å²) in [5.74, 6) is -0.656. The second kappa shape index (κ2) is 8.66. The molecule has 8 nitrogen and oxygen atoms in total. The Labute approximate surface area is 177 Å². The van der Waals surface area contributed by atoms with Crippen molar-refractivity contribution in [2.45, 2.75) is 13.0 Å². The van der Waals surface area contributed by atoms with Crippen molar-refractivity contribution in [3.8, 4) is 5.88 Å². The zero-order valence-corrected chi connectivity index (χ0v) is 16.6. The number of aromatic nitrogens is 1. The molecule has 0 bridgehead atoms. The summed E-state index contributed by atoms with van der Waals surface area (Å²) in [5.41, 5.74) is 1.43. The molecule has 0 saturated carbocycles. The molecule has 2 heterocycles. The van der Waals surface area contributed by atoms with Gasteiger partial charge in [-0.25, -0.2) is 5.01 Å². The van der Waals surface area contributed by atoms with Crippen LogP contribution in [0.3, 0.4) is 0 Å². The highest BCUT2D eigenvalue weighted by atomic mass is 16.3. The van der Waals surface area contributed by atoms with Crippen LogP contribution in [-0.2, 0) is 11.3 Å². The first-order chi connectivity index (χ1) is 15.0. The van der Waals surface area contributed by atoms with E-state index in [0.29, 0.717) is 6.54 Å². The van der Waals surface area contributed by atoms with E-state index in [0.717, 1.165) is 11.1 Å². The molecule has 0 spiro atoms. The molecule has 0 atom stereocenters. The number of hydrogen-bond acceptors (Lipinski definition) is 5. The fraction of sp³-hybridized carbons (Fsp3) is 0.130. The van der Waals surface area contributed by atoms with Crippen molar-refractivity contribution in [2.75, 3.05) is 6.54 Å². The third kappa shape index (κ3) is 4.37. The summed E-state index contributed by atoms with van der Waals surface area (Å²) < 4.78 is 0. The lowest BCUT2D eigenvalue weighted by molar-refractivity contribution is -0.121. The van der Waals surface area contributed by atoms with Crippen molar-refractivity contribution in [1.82, 2.24) is 15.3 Å². The number of aromatic amines is 1. The first-order valence-corrected chi connectivity index (χ1v) is 9.80. The lowest BCUT2D eigenvalue weighted by Crippen LogP contribution is -2.42. The molecular weight excluding hydrogens is 394 g/mol. The molecule has 0 aliphatic carbocycles. The topological polar surface area (TPSA) is 122 Å². The predicted octanol–water partition coefficient (Wildman–Crippen LogP) is 0.791. The molecule has 8 heteroatoms. The molecule has 0 saturated heterocycles. The largest absolute Gasteiger partial charge is 0.494 e. The van der Waals surface area contributed by atoms with Crippen molar-refractivity contribution < 1.29 is 9.90 Å². The van der Waals surface area contributed by atoms with E-state index in [1.165, 1.54) is 5.01 Å². The maximum atomic E-state index is 12.4. The number of nitrogens with zero attached hydrogens (tertiary/aromatic N) is 2. The minimum Gasteiger partial charge on any atom is -0.494 e. The molecule has 0 radical (unpaired) electrons. The number of carbonyl (C=O) groups is 1. The maximum Gasteiger partial charge on any atom is 0.260 e. The zero-order chi connectivity index (χ0) is 21.8. The van der Waals surface area contributed by atoms with Crippen LogP contribution < -0.4 is 21.5 Å².